The van der Waals surface area contributed by atoms with Crippen LogP contribution < -0.4 is 0 Å². The van der Waals surface area contributed by atoms with E-state index in [9.17, 15) is 0 Å². The van der Waals surface area contributed by atoms with Gasteiger partial charge in [0.15, 0.2) is 0 Å². The molecule has 5 heterocycles. The summed E-state index contributed by atoms with van der Waals surface area (Å²) < 4.78 is 12.3. The number of aromatic nitrogens is 5. The fraction of sp³-hybridized carbons (Fsp3) is 0. The van der Waals surface area contributed by atoms with Gasteiger partial charge < -0.3 is 4.57 Å². The summed E-state index contributed by atoms with van der Waals surface area (Å²) in [7, 11) is 0. The van der Waals surface area contributed by atoms with Gasteiger partial charge in [0, 0.05) is 77.1 Å². The third-order valence-electron chi connectivity index (χ3n) is 14.5. The van der Waals surface area contributed by atoms with Crippen LogP contribution in [0, 0.1) is 0 Å². The lowest BCUT2D eigenvalue weighted by Crippen LogP contribution is -2.02. The Morgan fingerprint density at radius 2 is 0.580 bits per heavy atom. The molecule has 5 heteroatoms. The third kappa shape index (κ3) is 5.35. The van der Waals surface area contributed by atoms with Gasteiger partial charge in [0.1, 0.15) is 11.3 Å². The van der Waals surface area contributed by atoms with Crippen molar-refractivity contribution in [2.75, 3.05) is 0 Å². The van der Waals surface area contributed by atoms with Gasteiger partial charge in [-0.2, -0.15) is 0 Å². The van der Waals surface area contributed by atoms with Gasteiger partial charge in [-0.05, 0) is 96.6 Å². The monoisotopic (exact) mass is 879 g/mol. The van der Waals surface area contributed by atoms with Gasteiger partial charge in [-0.3, -0.25) is 18.3 Å². The molecule has 0 atom stereocenters. The summed E-state index contributed by atoms with van der Waals surface area (Å²) in [6, 6.07) is 90.8. The number of hydrogen-bond acceptors (Lipinski definition) is 0. The second-order valence-electron chi connectivity index (χ2n) is 18.1. The Labute approximate surface area is 396 Å². The lowest BCUT2D eigenvalue weighted by Gasteiger charge is -2.16. The van der Waals surface area contributed by atoms with Crippen LogP contribution >= 0.6 is 0 Å². The highest BCUT2D eigenvalue weighted by atomic mass is 15.2. The molecule has 5 aromatic heterocycles. The number of rotatable bonds is 6. The predicted molar refractivity (Wildman–Crippen MR) is 289 cm³/mol. The van der Waals surface area contributed by atoms with E-state index >= 15 is 0 Å². The maximum absolute atomic E-state index is 2.49. The first kappa shape index (κ1) is 37.9. The molecule has 5 nitrogen and oxygen atoms in total. The van der Waals surface area contributed by atoms with Gasteiger partial charge in [0.2, 0.25) is 0 Å². The lowest BCUT2D eigenvalue weighted by atomic mass is 9.99. The maximum Gasteiger partial charge on any atom is 0.131 e. The van der Waals surface area contributed by atoms with E-state index in [2.05, 4.69) is 272 Å². The first-order chi connectivity index (χ1) is 34.3. The van der Waals surface area contributed by atoms with Crippen molar-refractivity contribution in [2.24, 2.45) is 0 Å². The van der Waals surface area contributed by atoms with Gasteiger partial charge >= 0.3 is 0 Å². The molecule has 0 N–H and O–H groups in total. The molecule has 69 heavy (non-hydrogen) atoms. The second-order valence-corrected chi connectivity index (χ2v) is 18.1. The molecule has 0 aliphatic heterocycles. The SMILES string of the molecule is c1ccc(-n2c3cc(-c4cccc5c6c7ccccc7n(-c7ccccc7)c6n(-c6ccccc6)c45)ccc3c3c4ccccc4n(-c4ccc(-n5c6ccccc6c6ccccc65)cc4)c32)cc1. The molecule has 0 amide bonds. The molecule has 15 rings (SSSR count). The van der Waals surface area contributed by atoms with Gasteiger partial charge in [-0.1, -0.05) is 158 Å². The molecule has 10 aromatic carbocycles. The molecule has 322 valence electrons. The molecular formula is C64H41N5. The first-order valence-corrected chi connectivity index (χ1v) is 23.7. The minimum Gasteiger partial charge on any atom is -0.309 e. The Balaban J connectivity index is 1.00. The van der Waals surface area contributed by atoms with Crippen LogP contribution in [0.5, 0.6) is 0 Å². The normalized spacial score (nSPS) is 12.1. The molecule has 0 bridgehead atoms. The molecule has 0 aliphatic rings. The average molecular weight is 880 g/mol. The first-order valence-electron chi connectivity index (χ1n) is 23.7. The Morgan fingerprint density at radius 1 is 0.217 bits per heavy atom. The van der Waals surface area contributed by atoms with E-state index in [0.29, 0.717) is 0 Å². The zero-order valence-corrected chi connectivity index (χ0v) is 37.4. The maximum atomic E-state index is 2.49. The molecule has 0 unspecified atom stereocenters. The van der Waals surface area contributed by atoms with Crippen LogP contribution in [0.4, 0.5) is 0 Å². The second kappa shape index (κ2) is 14.6. The van der Waals surface area contributed by atoms with E-state index < -0.39 is 0 Å². The molecule has 0 aliphatic carbocycles. The van der Waals surface area contributed by atoms with Crippen molar-refractivity contribution in [3.05, 3.63) is 249 Å². The Bertz CT molecular complexity index is 4450. The standard InChI is InChI=1S/C64H41N5/c1-4-19-43(20-5-1)66-58-34-17-13-28-52(58)61-54-30-18-29-48(62(54)69(64(61)66)45-23-8-3-9-24-45)42-35-40-53-59(41-42)68(44-21-6-2-7-22-44)63-60(53)51-27-12-16-33-57(51)67(63)47-38-36-46(37-39-47)65-55-31-14-10-25-49(55)50-26-11-15-32-56(50)65/h1-41H. The summed E-state index contributed by atoms with van der Waals surface area (Å²) in [6.07, 6.45) is 0. The minimum atomic E-state index is 1.11. The molecule has 0 saturated carbocycles. The summed E-state index contributed by atoms with van der Waals surface area (Å²) in [5.74, 6) is 0. The molecule has 0 saturated heterocycles. The van der Waals surface area contributed by atoms with Crippen molar-refractivity contribution in [3.8, 4) is 39.6 Å². The van der Waals surface area contributed by atoms with E-state index in [4.69, 9.17) is 0 Å². The predicted octanol–water partition coefficient (Wildman–Crippen LogP) is 16.5. The van der Waals surface area contributed by atoms with Crippen LogP contribution in [0.3, 0.4) is 0 Å². The van der Waals surface area contributed by atoms with Gasteiger partial charge in [-0.15, -0.1) is 0 Å². The highest BCUT2D eigenvalue weighted by Crippen LogP contribution is 2.46. The summed E-state index contributed by atoms with van der Waals surface area (Å²) >= 11 is 0. The Hall–Kier alpha value is -9.32. The van der Waals surface area contributed by atoms with E-state index in [1.54, 1.807) is 0 Å². The lowest BCUT2D eigenvalue weighted by molar-refractivity contribution is 1.06. The summed E-state index contributed by atoms with van der Waals surface area (Å²) in [4.78, 5) is 0. The topological polar surface area (TPSA) is 24.6 Å². The van der Waals surface area contributed by atoms with Crippen molar-refractivity contribution in [1.82, 2.24) is 22.8 Å². The van der Waals surface area contributed by atoms with Crippen molar-refractivity contribution in [3.63, 3.8) is 0 Å². The van der Waals surface area contributed by atoms with Gasteiger partial charge in [0.25, 0.3) is 0 Å². The van der Waals surface area contributed by atoms with Crippen LogP contribution in [-0.2, 0) is 0 Å². The van der Waals surface area contributed by atoms with E-state index in [0.717, 1.165) is 50.8 Å². The van der Waals surface area contributed by atoms with Crippen LogP contribution in [0.2, 0.25) is 0 Å². The minimum absolute atomic E-state index is 1.11. The van der Waals surface area contributed by atoms with Crippen molar-refractivity contribution >= 4 is 87.5 Å². The fourth-order valence-corrected chi connectivity index (χ4v) is 11.7. The summed E-state index contributed by atoms with van der Waals surface area (Å²) in [5, 5.41) is 9.91. The number of fused-ring (bicyclic) bond motifs is 13. The zero-order chi connectivity index (χ0) is 45.2. The van der Waals surface area contributed by atoms with Crippen LogP contribution in [0.15, 0.2) is 249 Å². The Morgan fingerprint density at radius 3 is 1.12 bits per heavy atom. The van der Waals surface area contributed by atoms with Crippen molar-refractivity contribution in [1.29, 1.82) is 0 Å². The van der Waals surface area contributed by atoms with Crippen molar-refractivity contribution in [2.45, 2.75) is 0 Å². The van der Waals surface area contributed by atoms with Gasteiger partial charge in [-0.25, -0.2) is 0 Å². The van der Waals surface area contributed by atoms with E-state index in [1.807, 2.05) is 0 Å². The largest absolute Gasteiger partial charge is 0.309 e. The van der Waals surface area contributed by atoms with Crippen LogP contribution in [-0.4, -0.2) is 22.8 Å². The number of hydrogen-bond donors (Lipinski definition) is 0. The fourth-order valence-electron chi connectivity index (χ4n) is 11.7. The van der Waals surface area contributed by atoms with E-state index in [-0.39, 0.29) is 0 Å². The van der Waals surface area contributed by atoms with Crippen LogP contribution in [0.1, 0.15) is 0 Å². The Kier molecular flexibility index (Phi) is 8.00. The highest BCUT2D eigenvalue weighted by molar-refractivity contribution is 6.26. The molecule has 15 aromatic rings. The quantitative estimate of drug-likeness (QED) is 0.159. The molecule has 0 spiro atoms. The van der Waals surface area contributed by atoms with Crippen molar-refractivity contribution < 1.29 is 0 Å². The third-order valence-corrected chi connectivity index (χ3v) is 14.5. The molecule has 0 radical (unpaired) electrons. The number of nitrogens with zero attached hydrogens (tertiary/aromatic N) is 5. The highest BCUT2D eigenvalue weighted by Gasteiger charge is 2.26. The van der Waals surface area contributed by atoms with E-state index in [1.165, 1.54) is 76.2 Å². The zero-order valence-electron chi connectivity index (χ0n) is 37.4. The summed E-state index contributed by atoms with van der Waals surface area (Å²) in [5.41, 5.74) is 17.3. The molecular weight excluding hydrogens is 839 g/mol. The number of benzene rings is 10. The molecule has 0 fully saturated rings. The summed E-state index contributed by atoms with van der Waals surface area (Å²) in [6.45, 7) is 0. The van der Waals surface area contributed by atoms with Crippen LogP contribution in [0.25, 0.3) is 127 Å². The average Bonchev–Trinajstić information content (AvgIpc) is 4.21. The van der Waals surface area contributed by atoms with Gasteiger partial charge in [0.05, 0.1) is 33.1 Å². The smallest absolute Gasteiger partial charge is 0.131 e. The number of para-hydroxylation sites is 8.